The molecule has 3 amide bonds. The van der Waals surface area contributed by atoms with Crippen LogP contribution in [0.4, 0.5) is 5.69 Å². The summed E-state index contributed by atoms with van der Waals surface area (Å²) in [6, 6.07) is 5.42. The van der Waals surface area contributed by atoms with Gasteiger partial charge >= 0.3 is 0 Å². The molecule has 2 fully saturated rings. The zero-order valence-electron chi connectivity index (χ0n) is 21.4. The molecule has 1 unspecified atom stereocenters. The number of para-hydroxylation sites is 1. The van der Waals surface area contributed by atoms with E-state index in [0.29, 0.717) is 23.8 Å². The molecule has 4 aliphatic rings. The number of hydrogen-bond donors (Lipinski definition) is 1. The predicted molar refractivity (Wildman–Crippen MR) is 140 cm³/mol. The minimum absolute atomic E-state index is 0.129. The number of carbonyl (C=O) groups excluding carboxylic acids is 3. The summed E-state index contributed by atoms with van der Waals surface area (Å²) in [5, 5.41) is 10.8. The highest BCUT2D eigenvalue weighted by Gasteiger charge is 2.72. The molecule has 0 radical (unpaired) electrons. The Labute approximate surface area is 222 Å². The summed E-state index contributed by atoms with van der Waals surface area (Å²) in [4.78, 5) is 47.3. The van der Waals surface area contributed by atoms with Gasteiger partial charge in [0, 0.05) is 19.6 Å². The fourth-order valence-electron chi connectivity index (χ4n) is 6.46. The number of aliphatic hydroxyl groups is 1. The summed E-state index contributed by atoms with van der Waals surface area (Å²) in [6.45, 7) is 6.79. The number of anilines is 1. The summed E-state index contributed by atoms with van der Waals surface area (Å²) >= 11 is 6.49. The molecule has 4 aliphatic heterocycles. The number of likely N-dealkylation sites (tertiary alicyclic amines) is 1. The van der Waals surface area contributed by atoms with E-state index in [2.05, 4.69) is 0 Å². The first-order valence-corrected chi connectivity index (χ1v) is 13.4. The quantitative estimate of drug-likeness (QED) is 0.574. The van der Waals surface area contributed by atoms with E-state index in [1.165, 1.54) is 4.90 Å². The standard InChI is InChI=1S/C28H34ClN3O5/c1-4-13-30-14-7-11-21-22(25(30)34)23-26(35)32(20(16-33)17(2)3)24-27(36)31(15-8-12-28(23,24)37-21)19-10-6-5-9-18(19)29/h5-12,17,20-24,33H,4,13-16H2,1-3H3/t20-,21+,22-,23-,24?,28-/m0/s1. The molecule has 198 valence electrons. The second kappa shape index (κ2) is 9.89. The first-order chi connectivity index (χ1) is 17.8. The predicted octanol–water partition coefficient (Wildman–Crippen LogP) is 2.65. The Hall–Kier alpha value is -2.68. The van der Waals surface area contributed by atoms with Crippen LogP contribution in [0, 0.1) is 17.8 Å². The number of carbonyl (C=O) groups is 3. The molecule has 0 aromatic heterocycles. The van der Waals surface area contributed by atoms with Crippen molar-refractivity contribution < 1.29 is 24.2 Å². The van der Waals surface area contributed by atoms with Gasteiger partial charge in [0.25, 0.3) is 5.91 Å². The third kappa shape index (κ3) is 3.92. The van der Waals surface area contributed by atoms with E-state index in [-0.39, 0.29) is 36.8 Å². The van der Waals surface area contributed by atoms with Crippen molar-refractivity contribution >= 4 is 35.0 Å². The van der Waals surface area contributed by atoms with E-state index < -0.39 is 35.6 Å². The second-order valence-electron chi connectivity index (χ2n) is 10.6. The smallest absolute Gasteiger partial charge is 0.253 e. The van der Waals surface area contributed by atoms with Crippen molar-refractivity contribution in [2.75, 3.05) is 31.1 Å². The summed E-state index contributed by atoms with van der Waals surface area (Å²) in [5.41, 5.74) is -0.800. The number of benzene rings is 1. The summed E-state index contributed by atoms with van der Waals surface area (Å²) in [7, 11) is 0. The van der Waals surface area contributed by atoms with Gasteiger partial charge in [-0.2, -0.15) is 0 Å². The maximum atomic E-state index is 14.4. The maximum Gasteiger partial charge on any atom is 0.253 e. The molecule has 0 saturated carbocycles. The van der Waals surface area contributed by atoms with Crippen molar-refractivity contribution in [2.24, 2.45) is 17.8 Å². The Morgan fingerprint density at radius 2 is 1.86 bits per heavy atom. The molecule has 1 aromatic rings. The van der Waals surface area contributed by atoms with Gasteiger partial charge in [0.15, 0.2) is 0 Å². The maximum absolute atomic E-state index is 14.4. The molecule has 1 aromatic carbocycles. The largest absolute Gasteiger partial charge is 0.394 e. The number of rotatable bonds is 6. The van der Waals surface area contributed by atoms with Crippen molar-refractivity contribution in [1.82, 2.24) is 9.80 Å². The lowest BCUT2D eigenvalue weighted by molar-refractivity contribution is -0.147. The SMILES string of the molecule is CCCN1CC=C[C@H]2O[C@]34C=CCN(c5ccccc5Cl)C(=O)C3N([C@@H](CO)C(C)C)C(=O)[C@@H]4[C@H]2C1=O. The molecule has 9 heteroatoms. The molecule has 6 atom stereocenters. The van der Waals surface area contributed by atoms with Crippen LogP contribution in [0.2, 0.25) is 5.02 Å². The molecule has 37 heavy (non-hydrogen) atoms. The van der Waals surface area contributed by atoms with Crippen LogP contribution in [0.5, 0.6) is 0 Å². The third-order valence-corrected chi connectivity index (χ3v) is 8.45. The van der Waals surface area contributed by atoms with Gasteiger partial charge in [-0.15, -0.1) is 0 Å². The molecule has 2 saturated heterocycles. The van der Waals surface area contributed by atoms with Crippen LogP contribution in [0.1, 0.15) is 27.2 Å². The summed E-state index contributed by atoms with van der Waals surface area (Å²) < 4.78 is 6.65. The number of ether oxygens (including phenoxy) is 1. The van der Waals surface area contributed by atoms with Crippen LogP contribution in [0.3, 0.4) is 0 Å². The van der Waals surface area contributed by atoms with Gasteiger partial charge in [0.05, 0.1) is 41.3 Å². The van der Waals surface area contributed by atoms with Crippen molar-refractivity contribution in [2.45, 2.75) is 51.0 Å². The number of halogens is 1. The number of nitrogens with zero attached hydrogens (tertiary/aromatic N) is 3. The Morgan fingerprint density at radius 3 is 2.54 bits per heavy atom. The van der Waals surface area contributed by atoms with Gasteiger partial charge in [-0.25, -0.2) is 0 Å². The lowest BCUT2D eigenvalue weighted by Gasteiger charge is -2.39. The van der Waals surface area contributed by atoms with Gasteiger partial charge < -0.3 is 24.5 Å². The van der Waals surface area contributed by atoms with Crippen molar-refractivity contribution in [3.05, 3.63) is 53.6 Å². The van der Waals surface area contributed by atoms with Gasteiger partial charge in [0.1, 0.15) is 11.6 Å². The fourth-order valence-corrected chi connectivity index (χ4v) is 6.70. The molecule has 4 heterocycles. The van der Waals surface area contributed by atoms with E-state index >= 15 is 0 Å². The Bertz CT molecular complexity index is 1150. The van der Waals surface area contributed by atoms with Gasteiger partial charge in [-0.3, -0.25) is 14.4 Å². The number of fused-ring (bicyclic) bond motifs is 2. The van der Waals surface area contributed by atoms with E-state index in [1.807, 2.05) is 45.1 Å². The molecule has 0 bridgehead atoms. The van der Waals surface area contributed by atoms with Crippen LogP contribution in [-0.2, 0) is 19.1 Å². The number of aliphatic hydroxyl groups excluding tert-OH is 1. The van der Waals surface area contributed by atoms with Gasteiger partial charge in [-0.05, 0) is 24.5 Å². The molecular formula is C28H34ClN3O5. The zero-order chi connectivity index (χ0) is 26.5. The lowest BCUT2D eigenvalue weighted by Crippen LogP contribution is -2.59. The van der Waals surface area contributed by atoms with Crippen LogP contribution >= 0.6 is 11.6 Å². The van der Waals surface area contributed by atoms with Crippen LogP contribution in [0.25, 0.3) is 0 Å². The first kappa shape index (κ1) is 25.9. The molecule has 0 aliphatic carbocycles. The van der Waals surface area contributed by atoms with Crippen molar-refractivity contribution in [3.8, 4) is 0 Å². The van der Waals surface area contributed by atoms with Crippen LogP contribution in [0.15, 0.2) is 48.6 Å². The fraction of sp³-hybridized carbons (Fsp3) is 0.536. The third-order valence-electron chi connectivity index (χ3n) is 8.13. The zero-order valence-corrected chi connectivity index (χ0v) is 22.2. The van der Waals surface area contributed by atoms with Crippen LogP contribution in [-0.4, -0.2) is 82.7 Å². The Kier molecular flexibility index (Phi) is 6.94. The highest BCUT2D eigenvalue weighted by Crippen LogP contribution is 2.54. The van der Waals surface area contributed by atoms with Gasteiger partial charge in [0.2, 0.25) is 11.8 Å². The highest BCUT2D eigenvalue weighted by atomic mass is 35.5. The monoisotopic (exact) mass is 527 g/mol. The molecular weight excluding hydrogens is 494 g/mol. The van der Waals surface area contributed by atoms with Gasteiger partial charge in [-0.1, -0.05) is 68.8 Å². The van der Waals surface area contributed by atoms with E-state index in [9.17, 15) is 19.5 Å². The minimum atomic E-state index is -1.34. The van der Waals surface area contributed by atoms with E-state index in [0.717, 1.165) is 6.42 Å². The Balaban J connectivity index is 1.66. The van der Waals surface area contributed by atoms with E-state index in [1.54, 1.807) is 34.1 Å². The molecule has 1 N–H and O–H groups in total. The average Bonchev–Trinajstić information content (AvgIpc) is 3.18. The highest BCUT2D eigenvalue weighted by molar-refractivity contribution is 6.34. The summed E-state index contributed by atoms with van der Waals surface area (Å²) in [6.07, 6.45) is 7.59. The average molecular weight is 528 g/mol. The number of amides is 3. The van der Waals surface area contributed by atoms with Crippen molar-refractivity contribution in [3.63, 3.8) is 0 Å². The molecule has 8 nitrogen and oxygen atoms in total. The van der Waals surface area contributed by atoms with Crippen molar-refractivity contribution in [1.29, 1.82) is 0 Å². The minimum Gasteiger partial charge on any atom is -0.394 e. The van der Waals surface area contributed by atoms with Crippen LogP contribution < -0.4 is 4.90 Å². The first-order valence-electron chi connectivity index (χ1n) is 13.1. The van der Waals surface area contributed by atoms with E-state index in [4.69, 9.17) is 16.3 Å². The Morgan fingerprint density at radius 1 is 1.11 bits per heavy atom. The molecule has 5 rings (SSSR count). The topological polar surface area (TPSA) is 90.4 Å². The number of hydrogen-bond acceptors (Lipinski definition) is 5. The summed E-state index contributed by atoms with van der Waals surface area (Å²) in [5.74, 6) is -2.56. The second-order valence-corrected chi connectivity index (χ2v) is 11.0. The molecule has 1 spiro atoms. The normalized spacial score (nSPS) is 31.9. The lowest BCUT2D eigenvalue weighted by atomic mass is 9.77.